The first-order valence-corrected chi connectivity index (χ1v) is 5.08. The van der Waals surface area contributed by atoms with Crippen LogP contribution in [-0.2, 0) is 0 Å². The third-order valence-electron chi connectivity index (χ3n) is 2.08. The van der Waals surface area contributed by atoms with E-state index < -0.39 is 0 Å². The van der Waals surface area contributed by atoms with Crippen LogP contribution < -0.4 is 0 Å². The van der Waals surface area contributed by atoms with E-state index in [2.05, 4.69) is 32.6 Å². The molecule has 0 aliphatic carbocycles. The van der Waals surface area contributed by atoms with Crippen LogP contribution >= 0.6 is 0 Å². The minimum Gasteiger partial charge on any atom is -0.103 e. The molecular formula is C12H22. The fraction of sp³-hybridized carbons (Fsp3) is 0.667. The molecule has 0 heteroatoms. The molecule has 0 aromatic rings. The van der Waals surface area contributed by atoms with Crippen LogP contribution in [0.5, 0.6) is 0 Å². The van der Waals surface area contributed by atoms with Gasteiger partial charge in [-0.25, -0.2) is 0 Å². The SMILES string of the molecule is C=CC(C)CCC=CCCCC. The Morgan fingerprint density at radius 1 is 1.25 bits per heavy atom. The summed E-state index contributed by atoms with van der Waals surface area (Å²) >= 11 is 0. The predicted molar refractivity (Wildman–Crippen MR) is 57.3 cm³/mol. The summed E-state index contributed by atoms with van der Waals surface area (Å²) in [6, 6.07) is 0. The number of unbranched alkanes of at least 4 members (excludes halogenated alkanes) is 2. The summed E-state index contributed by atoms with van der Waals surface area (Å²) in [5.41, 5.74) is 0. The molecule has 0 aromatic heterocycles. The molecule has 0 N–H and O–H groups in total. The van der Waals surface area contributed by atoms with Gasteiger partial charge >= 0.3 is 0 Å². The number of hydrogen-bond donors (Lipinski definition) is 0. The van der Waals surface area contributed by atoms with Crippen molar-refractivity contribution in [3.8, 4) is 0 Å². The molecule has 12 heavy (non-hydrogen) atoms. The van der Waals surface area contributed by atoms with Crippen molar-refractivity contribution >= 4 is 0 Å². The largest absolute Gasteiger partial charge is 0.103 e. The Balaban J connectivity index is 3.18. The Morgan fingerprint density at radius 3 is 2.50 bits per heavy atom. The summed E-state index contributed by atoms with van der Waals surface area (Å²) in [5, 5.41) is 0. The standard InChI is InChI=1S/C12H22/c1-4-6-7-8-9-10-11-12(3)5-2/h5,8-9,12H,2,4,6-7,10-11H2,1,3H3. The van der Waals surface area contributed by atoms with E-state index in [0.717, 1.165) is 0 Å². The lowest BCUT2D eigenvalue weighted by Crippen LogP contribution is -1.85. The maximum atomic E-state index is 3.76. The second kappa shape index (κ2) is 8.58. The highest BCUT2D eigenvalue weighted by Gasteiger charge is 1.91. The summed E-state index contributed by atoms with van der Waals surface area (Å²) in [7, 11) is 0. The van der Waals surface area contributed by atoms with Gasteiger partial charge in [-0.2, -0.15) is 0 Å². The fourth-order valence-electron chi connectivity index (χ4n) is 1.03. The van der Waals surface area contributed by atoms with Crippen LogP contribution in [0.1, 0.15) is 46.0 Å². The monoisotopic (exact) mass is 166 g/mol. The highest BCUT2D eigenvalue weighted by atomic mass is 14.0. The van der Waals surface area contributed by atoms with E-state index in [4.69, 9.17) is 0 Å². The van der Waals surface area contributed by atoms with E-state index >= 15 is 0 Å². The van der Waals surface area contributed by atoms with E-state index in [9.17, 15) is 0 Å². The molecule has 70 valence electrons. The molecule has 0 spiro atoms. The van der Waals surface area contributed by atoms with Gasteiger partial charge < -0.3 is 0 Å². The summed E-state index contributed by atoms with van der Waals surface area (Å²) in [4.78, 5) is 0. The van der Waals surface area contributed by atoms with Crippen molar-refractivity contribution < 1.29 is 0 Å². The van der Waals surface area contributed by atoms with Crippen LogP contribution in [0, 0.1) is 5.92 Å². The van der Waals surface area contributed by atoms with Crippen molar-refractivity contribution in [2.45, 2.75) is 46.0 Å². The maximum absolute atomic E-state index is 3.76. The second-order valence-electron chi connectivity index (χ2n) is 3.40. The third kappa shape index (κ3) is 7.59. The molecule has 0 aliphatic rings. The van der Waals surface area contributed by atoms with Gasteiger partial charge in [0.2, 0.25) is 0 Å². The van der Waals surface area contributed by atoms with Gasteiger partial charge in [-0.05, 0) is 25.2 Å². The van der Waals surface area contributed by atoms with Gasteiger partial charge in [0.15, 0.2) is 0 Å². The Morgan fingerprint density at radius 2 is 1.92 bits per heavy atom. The first kappa shape index (κ1) is 11.5. The van der Waals surface area contributed by atoms with Gasteiger partial charge in [-0.15, -0.1) is 6.58 Å². The molecule has 0 saturated heterocycles. The minimum atomic E-state index is 0.667. The topological polar surface area (TPSA) is 0 Å². The molecule has 0 nitrogen and oxygen atoms in total. The number of rotatable bonds is 7. The van der Waals surface area contributed by atoms with Gasteiger partial charge in [-0.3, -0.25) is 0 Å². The lowest BCUT2D eigenvalue weighted by Gasteiger charge is -2.00. The second-order valence-corrected chi connectivity index (χ2v) is 3.40. The summed E-state index contributed by atoms with van der Waals surface area (Å²) in [5.74, 6) is 0.667. The quantitative estimate of drug-likeness (QED) is 0.390. The van der Waals surface area contributed by atoms with Crippen LogP contribution in [0.4, 0.5) is 0 Å². The highest BCUT2D eigenvalue weighted by Crippen LogP contribution is 2.07. The predicted octanol–water partition coefficient (Wildman–Crippen LogP) is 4.34. The van der Waals surface area contributed by atoms with E-state index in [-0.39, 0.29) is 0 Å². The molecule has 0 aromatic carbocycles. The molecular weight excluding hydrogens is 144 g/mol. The summed E-state index contributed by atoms with van der Waals surface area (Å²) in [6.07, 6.45) is 13.0. The molecule has 0 amide bonds. The van der Waals surface area contributed by atoms with Crippen LogP contribution in [0.15, 0.2) is 24.8 Å². The van der Waals surface area contributed by atoms with Crippen molar-refractivity contribution in [2.24, 2.45) is 5.92 Å². The van der Waals surface area contributed by atoms with Crippen molar-refractivity contribution in [1.82, 2.24) is 0 Å². The average molecular weight is 166 g/mol. The Kier molecular flexibility index (Phi) is 8.20. The zero-order valence-corrected chi connectivity index (χ0v) is 8.55. The molecule has 0 fully saturated rings. The van der Waals surface area contributed by atoms with E-state index in [0.29, 0.717) is 5.92 Å². The van der Waals surface area contributed by atoms with Crippen molar-refractivity contribution in [3.63, 3.8) is 0 Å². The summed E-state index contributed by atoms with van der Waals surface area (Å²) in [6.45, 7) is 8.21. The van der Waals surface area contributed by atoms with E-state index in [1.807, 2.05) is 6.08 Å². The van der Waals surface area contributed by atoms with Crippen LogP contribution in [-0.4, -0.2) is 0 Å². The van der Waals surface area contributed by atoms with Gasteiger partial charge in [-0.1, -0.05) is 44.9 Å². The van der Waals surface area contributed by atoms with Gasteiger partial charge in [0.1, 0.15) is 0 Å². The lowest BCUT2D eigenvalue weighted by molar-refractivity contribution is 0.658. The van der Waals surface area contributed by atoms with Gasteiger partial charge in [0.05, 0.1) is 0 Å². The Labute approximate surface area is 77.4 Å². The van der Waals surface area contributed by atoms with Crippen LogP contribution in [0.2, 0.25) is 0 Å². The first-order valence-electron chi connectivity index (χ1n) is 5.08. The van der Waals surface area contributed by atoms with Crippen LogP contribution in [0.3, 0.4) is 0 Å². The fourth-order valence-corrected chi connectivity index (χ4v) is 1.03. The van der Waals surface area contributed by atoms with Crippen molar-refractivity contribution in [3.05, 3.63) is 24.8 Å². The highest BCUT2D eigenvalue weighted by molar-refractivity contribution is 4.84. The lowest BCUT2D eigenvalue weighted by atomic mass is 10.1. The van der Waals surface area contributed by atoms with E-state index in [1.54, 1.807) is 0 Å². The molecule has 1 atom stereocenters. The molecule has 1 unspecified atom stereocenters. The maximum Gasteiger partial charge on any atom is -0.0262 e. The zero-order valence-electron chi connectivity index (χ0n) is 8.55. The summed E-state index contributed by atoms with van der Waals surface area (Å²) < 4.78 is 0. The Hall–Kier alpha value is -0.520. The number of allylic oxidation sites excluding steroid dienone is 3. The third-order valence-corrected chi connectivity index (χ3v) is 2.08. The van der Waals surface area contributed by atoms with Crippen molar-refractivity contribution in [2.75, 3.05) is 0 Å². The van der Waals surface area contributed by atoms with E-state index in [1.165, 1.54) is 32.1 Å². The van der Waals surface area contributed by atoms with Crippen molar-refractivity contribution in [1.29, 1.82) is 0 Å². The number of hydrogen-bond acceptors (Lipinski definition) is 0. The molecule has 0 bridgehead atoms. The smallest absolute Gasteiger partial charge is 0.0262 e. The molecule has 0 rings (SSSR count). The minimum absolute atomic E-state index is 0.667. The molecule has 0 heterocycles. The van der Waals surface area contributed by atoms with Gasteiger partial charge in [0.25, 0.3) is 0 Å². The molecule has 0 radical (unpaired) electrons. The van der Waals surface area contributed by atoms with Gasteiger partial charge in [0, 0.05) is 0 Å². The molecule has 0 aliphatic heterocycles. The van der Waals surface area contributed by atoms with Crippen LogP contribution in [0.25, 0.3) is 0 Å². The first-order chi connectivity index (χ1) is 5.81. The zero-order chi connectivity index (χ0) is 9.23. The average Bonchev–Trinajstić information content (AvgIpc) is 2.10. The normalized spacial score (nSPS) is 13.5. The molecule has 0 saturated carbocycles. The Bertz CT molecular complexity index is 122.